The number of aromatic nitrogens is 3. The lowest BCUT2D eigenvalue weighted by Gasteiger charge is -2.14. The second-order valence-electron chi connectivity index (χ2n) is 4.96. The summed E-state index contributed by atoms with van der Waals surface area (Å²) in [6.45, 7) is 2.87. The highest BCUT2D eigenvalue weighted by Crippen LogP contribution is 2.32. The van der Waals surface area contributed by atoms with E-state index >= 15 is 0 Å². The summed E-state index contributed by atoms with van der Waals surface area (Å²) < 4.78 is 2.09. The van der Waals surface area contributed by atoms with E-state index in [1.54, 1.807) is 0 Å². The van der Waals surface area contributed by atoms with Gasteiger partial charge in [-0.15, -0.1) is 10.2 Å². The van der Waals surface area contributed by atoms with E-state index in [4.69, 9.17) is 5.11 Å². The lowest BCUT2D eigenvalue weighted by atomic mass is 9.99. The van der Waals surface area contributed by atoms with Gasteiger partial charge in [-0.3, -0.25) is 4.79 Å². The Balaban J connectivity index is 2.13. The van der Waals surface area contributed by atoms with Crippen molar-refractivity contribution in [1.82, 2.24) is 14.8 Å². The van der Waals surface area contributed by atoms with Crippen molar-refractivity contribution in [2.75, 3.05) is 5.75 Å². The monoisotopic (exact) mass is 283 g/mol. The first-order valence-corrected chi connectivity index (χ1v) is 7.98. The number of rotatable bonds is 5. The molecule has 1 fully saturated rings. The molecule has 1 aromatic rings. The van der Waals surface area contributed by atoms with Gasteiger partial charge >= 0.3 is 5.97 Å². The number of carboxylic acids is 1. The van der Waals surface area contributed by atoms with Crippen molar-refractivity contribution >= 4 is 17.7 Å². The molecule has 0 spiro atoms. The molecule has 106 valence electrons. The van der Waals surface area contributed by atoms with Crippen LogP contribution in [-0.2, 0) is 11.3 Å². The fourth-order valence-electron chi connectivity index (χ4n) is 2.67. The van der Waals surface area contributed by atoms with Gasteiger partial charge in [-0.2, -0.15) is 0 Å². The summed E-state index contributed by atoms with van der Waals surface area (Å²) in [6.07, 6.45) is 7.52. The molecule has 0 aromatic carbocycles. The van der Waals surface area contributed by atoms with Crippen molar-refractivity contribution in [1.29, 1.82) is 0 Å². The van der Waals surface area contributed by atoms with E-state index in [-0.39, 0.29) is 5.75 Å². The quantitative estimate of drug-likeness (QED) is 0.664. The van der Waals surface area contributed by atoms with Crippen LogP contribution in [0.2, 0.25) is 0 Å². The van der Waals surface area contributed by atoms with Crippen LogP contribution in [0.25, 0.3) is 0 Å². The summed E-state index contributed by atoms with van der Waals surface area (Å²) in [4.78, 5) is 10.6. The van der Waals surface area contributed by atoms with Crippen LogP contribution in [-0.4, -0.2) is 31.6 Å². The molecule has 0 saturated heterocycles. The van der Waals surface area contributed by atoms with E-state index in [1.807, 2.05) is 0 Å². The molecule has 0 amide bonds. The van der Waals surface area contributed by atoms with Gasteiger partial charge in [0.2, 0.25) is 0 Å². The van der Waals surface area contributed by atoms with Crippen LogP contribution in [0, 0.1) is 0 Å². The lowest BCUT2D eigenvalue weighted by Crippen LogP contribution is -2.09. The zero-order chi connectivity index (χ0) is 13.7. The maximum absolute atomic E-state index is 10.6. The highest BCUT2D eigenvalue weighted by molar-refractivity contribution is 7.99. The zero-order valence-corrected chi connectivity index (χ0v) is 12.2. The fraction of sp³-hybridized carbons (Fsp3) is 0.769. The first kappa shape index (κ1) is 14.4. The van der Waals surface area contributed by atoms with Gasteiger partial charge in [0.05, 0.1) is 5.75 Å². The molecule has 0 radical (unpaired) electrons. The van der Waals surface area contributed by atoms with Crippen LogP contribution in [0.15, 0.2) is 5.16 Å². The number of aliphatic carboxylic acids is 1. The first-order chi connectivity index (χ1) is 9.22. The molecule has 1 aliphatic rings. The van der Waals surface area contributed by atoms with Crippen molar-refractivity contribution in [3.8, 4) is 0 Å². The molecule has 6 heteroatoms. The van der Waals surface area contributed by atoms with E-state index in [0.717, 1.165) is 17.5 Å². The summed E-state index contributed by atoms with van der Waals surface area (Å²) >= 11 is 1.26. The van der Waals surface area contributed by atoms with E-state index in [1.165, 1.54) is 50.3 Å². The smallest absolute Gasteiger partial charge is 0.313 e. The van der Waals surface area contributed by atoms with Gasteiger partial charge in [-0.25, -0.2) is 0 Å². The van der Waals surface area contributed by atoms with Gasteiger partial charge in [0.1, 0.15) is 5.82 Å². The van der Waals surface area contributed by atoms with Crippen molar-refractivity contribution < 1.29 is 9.90 Å². The number of carbonyl (C=O) groups is 1. The van der Waals surface area contributed by atoms with Gasteiger partial charge in [0.25, 0.3) is 0 Å². The number of hydrogen-bond acceptors (Lipinski definition) is 4. The summed E-state index contributed by atoms with van der Waals surface area (Å²) in [5.41, 5.74) is 0. The number of carboxylic acid groups (broad SMARTS) is 1. The third-order valence-electron chi connectivity index (χ3n) is 3.61. The second kappa shape index (κ2) is 6.93. The Kier molecular flexibility index (Phi) is 5.24. The summed E-state index contributed by atoms with van der Waals surface area (Å²) in [7, 11) is 0. The Morgan fingerprint density at radius 3 is 2.58 bits per heavy atom. The summed E-state index contributed by atoms with van der Waals surface area (Å²) in [5, 5.41) is 18.0. The minimum Gasteiger partial charge on any atom is -0.481 e. The molecule has 2 rings (SSSR count). The normalized spacial score (nSPS) is 17.3. The second-order valence-corrected chi connectivity index (χ2v) is 5.90. The highest BCUT2D eigenvalue weighted by Gasteiger charge is 2.22. The van der Waals surface area contributed by atoms with E-state index < -0.39 is 5.97 Å². The lowest BCUT2D eigenvalue weighted by molar-refractivity contribution is -0.133. The summed E-state index contributed by atoms with van der Waals surface area (Å²) in [5.74, 6) is 0.779. The van der Waals surface area contributed by atoms with E-state index in [0.29, 0.717) is 5.92 Å². The number of thioether (sulfide) groups is 1. The standard InChI is InChI=1S/C13H21N3O2S/c1-2-16-12(10-7-5-3-4-6-8-10)14-15-13(16)19-9-11(17)18/h10H,2-9H2,1H3,(H,17,18). The van der Waals surface area contributed by atoms with Crippen LogP contribution in [0.4, 0.5) is 0 Å². The SMILES string of the molecule is CCn1c(SCC(=O)O)nnc1C1CCCCCC1. The van der Waals surface area contributed by atoms with E-state index in [2.05, 4.69) is 21.7 Å². The van der Waals surface area contributed by atoms with Crippen molar-refractivity contribution in [2.24, 2.45) is 0 Å². The Morgan fingerprint density at radius 1 is 1.32 bits per heavy atom. The molecule has 0 aliphatic heterocycles. The first-order valence-electron chi connectivity index (χ1n) is 7.00. The van der Waals surface area contributed by atoms with Gasteiger partial charge in [0, 0.05) is 12.5 Å². The minimum absolute atomic E-state index is 0.0444. The van der Waals surface area contributed by atoms with Crippen molar-refractivity contribution in [3.05, 3.63) is 5.82 Å². The van der Waals surface area contributed by atoms with E-state index in [9.17, 15) is 4.79 Å². The molecule has 1 saturated carbocycles. The van der Waals surface area contributed by atoms with Gasteiger partial charge in [0.15, 0.2) is 5.16 Å². The Hall–Kier alpha value is -1.04. The average molecular weight is 283 g/mol. The van der Waals surface area contributed by atoms with Gasteiger partial charge < -0.3 is 9.67 Å². The molecular weight excluding hydrogens is 262 g/mol. The third kappa shape index (κ3) is 3.72. The predicted molar refractivity (Wildman–Crippen MR) is 74.5 cm³/mol. The Morgan fingerprint density at radius 2 is 2.00 bits per heavy atom. The van der Waals surface area contributed by atoms with Crippen LogP contribution < -0.4 is 0 Å². The molecule has 1 heterocycles. The average Bonchev–Trinajstić information content (AvgIpc) is 2.60. The Labute approximate surface area is 117 Å². The molecule has 1 aliphatic carbocycles. The molecule has 1 aromatic heterocycles. The van der Waals surface area contributed by atoms with Crippen LogP contribution >= 0.6 is 11.8 Å². The number of hydrogen-bond donors (Lipinski definition) is 1. The predicted octanol–water partition coefficient (Wildman–Crippen LogP) is 2.91. The molecule has 1 N–H and O–H groups in total. The van der Waals surface area contributed by atoms with Crippen LogP contribution in [0.5, 0.6) is 0 Å². The van der Waals surface area contributed by atoms with Crippen LogP contribution in [0.1, 0.15) is 57.2 Å². The van der Waals surface area contributed by atoms with Crippen molar-refractivity contribution in [2.45, 2.75) is 63.1 Å². The maximum Gasteiger partial charge on any atom is 0.313 e. The number of nitrogens with zero attached hydrogens (tertiary/aromatic N) is 3. The minimum atomic E-state index is -0.813. The molecule has 0 atom stereocenters. The molecule has 19 heavy (non-hydrogen) atoms. The highest BCUT2D eigenvalue weighted by atomic mass is 32.2. The van der Waals surface area contributed by atoms with Crippen LogP contribution in [0.3, 0.4) is 0 Å². The van der Waals surface area contributed by atoms with Gasteiger partial charge in [-0.05, 0) is 19.8 Å². The fourth-order valence-corrected chi connectivity index (χ4v) is 3.40. The van der Waals surface area contributed by atoms with Crippen molar-refractivity contribution in [3.63, 3.8) is 0 Å². The largest absolute Gasteiger partial charge is 0.481 e. The topological polar surface area (TPSA) is 68.0 Å². The zero-order valence-electron chi connectivity index (χ0n) is 11.3. The molecule has 0 unspecified atom stereocenters. The third-order valence-corrected chi connectivity index (χ3v) is 4.56. The maximum atomic E-state index is 10.6. The molecule has 5 nitrogen and oxygen atoms in total. The Bertz CT molecular complexity index is 426. The summed E-state index contributed by atoms with van der Waals surface area (Å²) in [6, 6.07) is 0. The van der Waals surface area contributed by atoms with Gasteiger partial charge in [-0.1, -0.05) is 37.4 Å². The molecular formula is C13H21N3O2S. The molecule has 0 bridgehead atoms.